The maximum absolute atomic E-state index is 13.3. The highest BCUT2D eigenvalue weighted by atomic mass is 127. The van der Waals surface area contributed by atoms with E-state index < -0.39 is 5.60 Å². The maximum atomic E-state index is 13.3. The molecule has 4 rings (SSSR count). The molecule has 0 aliphatic carbocycles. The third-order valence-corrected chi connectivity index (χ3v) is 6.24. The topological polar surface area (TPSA) is 28.1 Å². The third kappa shape index (κ3) is 2.81. The highest BCUT2D eigenvalue weighted by Gasteiger charge is 2.59. The summed E-state index contributed by atoms with van der Waals surface area (Å²) in [6.07, 6.45) is 1.73. The lowest BCUT2D eigenvalue weighted by molar-refractivity contribution is 0.283. The molecule has 0 bridgehead atoms. The largest absolute Gasteiger partial charge is 0.354 e. The summed E-state index contributed by atoms with van der Waals surface area (Å²) in [5, 5.41) is 0.692. The number of hydrogen-bond donors (Lipinski definition) is 0. The van der Waals surface area contributed by atoms with Crippen LogP contribution in [0.25, 0.3) is 0 Å². The highest BCUT2D eigenvalue weighted by Crippen LogP contribution is 2.59. The van der Waals surface area contributed by atoms with Gasteiger partial charge in [-0.25, -0.2) is 9.38 Å². The van der Waals surface area contributed by atoms with Crippen LogP contribution in [0, 0.1) is 5.82 Å². The molecule has 118 valence electrons. The van der Waals surface area contributed by atoms with E-state index in [4.69, 9.17) is 16.3 Å². The first-order chi connectivity index (χ1) is 11.2. The maximum Gasteiger partial charge on any atom is 0.143 e. The van der Waals surface area contributed by atoms with Gasteiger partial charge in [0.05, 0.1) is 17.0 Å². The Hall–Kier alpha value is -1.31. The van der Waals surface area contributed by atoms with Gasteiger partial charge in [0.1, 0.15) is 17.5 Å². The standard InChI is InChI=1S/C17H13ClFIN2O/c18-15-4-2-1-3-14(15)16-17(23-16,9-22-11-21-10-20-22)12-5-7-13(19)8-6-12/h1-8,10-11,16H,9H2. The van der Waals surface area contributed by atoms with E-state index in [1.807, 2.05) is 34.7 Å². The predicted molar refractivity (Wildman–Crippen MR) is 98.6 cm³/mol. The highest BCUT2D eigenvalue weighted by molar-refractivity contribution is 14.2. The summed E-state index contributed by atoms with van der Waals surface area (Å²) in [4.78, 5) is 4.18. The van der Waals surface area contributed by atoms with E-state index >= 15 is 0 Å². The first-order valence-corrected chi connectivity index (χ1v) is 9.71. The fraction of sp³-hybridized carbons (Fsp3) is 0.176. The zero-order valence-corrected chi connectivity index (χ0v) is 14.9. The van der Waals surface area contributed by atoms with E-state index in [2.05, 4.69) is 8.11 Å². The molecule has 2 aromatic rings. The van der Waals surface area contributed by atoms with Crippen molar-refractivity contribution in [3.8, 4) is 0 Å². The van der Waals surface area contributed by atoms with E-state index in [0.29, 0.717) is 11.6 Å². The molecule has 0 amide bonds. The monoisotopic (exact) mass is 442 g/mol. The van der Waals surface area contributed by atoms with E-state index in [1.54, 1.807) is 12.1 Å². The summed E-state index contributed by atoms with van der Waals surface area (Å²) >= 11 is 6.09. The van der Waals surface area contributed by atoms with Crippen molar-refractivity contribution in [2.75, 3.05) is 6.54 Å². The van der Waals surface area contributed by atoms with E-state index in [1.165, 1.54) is 12.1 Å². The van der Waals surface area contributed by atoms with Crippen molar-refractivity contribution in [2.45, 2.75) is 11.7 Å². The molecule has 2 unspecified atom stereocenters. The summed E-state index contributed by atoms with van der Waals surface area (Å²) in [5.41, 5.74) is 1.44. The van der Waals surface area contributed by atoms with Crippen LogP contribution in [0.5, 0.6) is 0 Å². The first-order valence-electron chi connectivity index (χ1n) is 7.13. The van der Waals surface area contributed by atoms with Crippen molar-refractivity contribution in [1.29, 1.82) is 0 Å². The minimum Gasteiger partial charge on any atom is -0.354 e. The fourth-order valence-corrected chi connectivity index (χ4v) is 4.68. The normalized spacial score (nSPS) is 25.5. The van der Waals surface area contributed by atoms with Crippen molar-refractivity contribution < 1.29 is 9.13 Å². The minimum absolute atomic E-state index is 0.125. The average Bonchev–Trinajstić information content (AvgIpc) is 3.02. The number of nitrogens with zero attached hydrogens (tertiary/aromatic N) is 2. The second kappa shape index (κ2) is 5.96. The quantitative estimate of drug-likeness (QED) is 0.398. The van der Waals surface area contributed by atoms with Crippen LogP contribution in [0.4, 0.5) is 4.39 Å². The van der Waals surface area contributed by atoms with Gasteiger partial charge in [0.2, 0.25) is 0 Å². The Balaban J connectivity index is 1.71. The van der Waals surface area contributed by atoms with Crippen molar-refractivity contribution >= 4 is 43.1 Å². The minimum atomic E-state index is -0.497. The van der Waals surface area contributed by atoms with Gasteiger partial charge in [0, 0.05) is 31.6 Å². The summed E-state index contributed by atoms with van der Waals surface area (Å²) < 4.78 is 23.6. The predicted octanol–water partition coefficient (Wildman–Crippen LogP) is 4.44. The fourth-order valence-electron chi connectivity index (χ4n) is 2.85. The Bertz CT molecular complexity index is 783. The molecule has 1 fully saturated rings. The lowest BCUT2D eigenvalue weighted by Gasteiger charge is -2.19. The smallest absolute Gasteiger partial charge is 0.143 e. The summed E-state index contributed by atoms with van der Waals surface area (Å²) in [5.74, 6) is -0.248. The summed E-state index contributed by atoms with van der Waals surface area (Å²) in [6, 6.07) is 14.2. The van der Waals surface area contributed by atoms with Gasteiger partial charge in [-0.1, -0.05) is 41.9 Å². The lowest BCUT2D eigenvalue weighted by atomic mass is 9.91. The molecule has 2 atom stereocenters. The third-order valence-electron chi connectivity index (χ3n) is 4.02. The zero-order valence-electron chi connectivity index (χ0n) is 12.0. The van der Waals surface area contributed by atoms with Gasteiger partial charge < -0.3 is 7.85 Å². The molecule has 2 aliphatic rings. The molecule has 2 aromatic carbocycles. The molecule has 0 saturated carbocycles. The lowest BCUT2D eigenvalue weighted by Crippen LogP contribution is -2.26. The Morgan fingerprint density at radius 2 is 2.00 bits per heavy atom. The molecule has 0 N–H and O–H groups in total. The van der Waals surface area contributed by atoms with Crippen molar-refractivity contribution in [3.63, 3.8) is 0 Å². The molecule has 0 spiro atoms. The Morgan fingerprint density at radius 3 is 2.70 bits per heavy atom. The van der Waals surface area contributed by atoms with Gasteiger partial charge in [-0.15, -0.1) is 0 Å². The molecule has 2 aliphatic heterocycles. The number of epoxide rings is 1. The molecule has 23 heavy (non-hydrogen) atoms. The van der Waals surface area contributed by atoms with E-state index in [9.17, 15) is 4.39 Å². The molecule has 3 nitrogen and oxygen atoms in total. The van der Waals surface area contributed by atoms with Gasteiger partial charge in [0.25, 0.3) is 0 Å². The summed E-state index contributed by atoms with van der Waals surface area (Å²) in [6.45, 7) is 0.696. The number of benzene rings is 2. The van der Waals surface area contributed by atoms with Gasteiger partial charge in [-0.3, -0.25) is 0 Å². The van der Waals surface area contributed by atoms with Crippen molar-refractivity contribution in [2.24, 2.45) is 4.99 Å². The zero-order chi connectivity index (χ0) is 15.9. The average molecular weight is 443 g/mol. The molecular weight excluding hydrogens is 430 g/mol. The Kier molecular flexibility index (Phi) is 3.95. The van der Waals surface area contributed by atoms with Crippen LogP contribution in [0.3, 0.4) is 0 Å². The van der Waals surface area contributed by atoms with Gasteiger partial charge >= 0.3 is 0 Å². The number of ether oxygens (including phenoxy) is 1. The molecule has 0 radical (unpaired) electrons. The Labute approximate surface area is 148 Å². The molecular formula is C17H13ClFIN2O. The Morgan fingerprint density at radius 1 is 1.22 bits per heavy atom. The number of halogens is 3. The second-order valence-corrected chi connectivity index (χ2v) is 8.19. The van der Waals surface area contributed by atoms with Crippen molar-refractivity contribution in [3.05, 3.63) is 70.5 Å². The number of hydrogen-bond acceptors (Lipinski definition) is 3. The molecule has 1 saturated heterocycles. The molecule has 2 heterocycles. The molecule has 6 heteroatoms. The van der Waals surface area contributed by atoms with Crippen LogP contribution in [0.2, 0.25) is 5.02 Å². The first kappa shape index (κ1) is 15.2. The van der Waals surface area contributed by atoms with Gasteiger partial charge in [-0.2, -0.15) is 0 Å². The number of rotatable bonds is 4. The SMILES string of the molecule is Fc1ccc(C2(CN3C=NC=I3)OC2c2ccccc2Cl)cc1. The van der Waals surface area contributed by atoms with Gasteiger partial charge in [0.15, 0.2) is 0 Å². The van der Waals surface area contributed by atoms with Crippen LogP contribution < -0.4 is 0 Å². The second-order valence-electron chi connectivity index (χ2n) is 5.43. The van der Waals surface area contributed by atoms with Gasteiger partial charge in [-0.05, 0) is 23.8 Å². The van der Waals surface area contributed by atoms with E-state index in [0.717, 1.165) is 11.1 Å². The summed E-state index contributed by atoms with van der Waals surface area (Å²) in [7, 11) is 0. The van der Waals surface area contributed by atoms with Crippen LogP contribution >= 0.6 is 32.6 Å². The van der Waals surface area contributed by atoms with Crippen molar-refractivity contribution in [1.82, 2.24) is 3.11 Å². The van der Waals surface area contributed by atoms with E-state index in [-0.39, 0.29) is 32.9 Å². The van der Waals surface area contributed by atoms with Crippen LogP contribution in [0.15, 0.2) is 53.5 Å². The molecule has 0 aromatic heterocycles. The van der Waals surface area contributed by atoms with Crippen LogP contribution in [-0.2, 0) is 10.3 Å². The van der Waals surface area contributed by atoms with Crippen LogP contribution in [0.1, 0.15) is 17.2 Å². The van der Waals surface area contributed by atoms with Crippen LogP contribution in [-0.4, -0.2) is 20.1 Å². The number of aliphatic imine (C=N–C) groups is 1.